The average Bonchev–Trinajstić information content (AvgIpc) is 2.39. The molecule has 1 rings (SSSR count). The fourth-order valence-corrected chi connectivity index (χ4v) is 1.94. The molecule has 2 atom stereocenters. The second-order valence-corrected chi connectivity index (χ2v) is 4.58. The van der Waals surface area contributed by atoms with Gasteiger partial charge in [-0.3, -0.25) is 4.79 Å². The second kappa shape index (κ2) is 5.99. The van der Waals surface area contributed by atoms with Crippen LogP contribution in [0, 0.1) is 0 Å². The van der Waals surface area contributed by atoms with Crippen LogP contribution in [0.15, 0.2) is 43.0 Å². The molecule has 0 spiro atoms. The summed E-state index contributed by atoms with van der Waals surface area (Å²) in [4.78, 5) is 22.5. The van der Waals surface area contributed by atoms with E-state index in [9.17, 15) is 27.9 Å². The van der Waals surface area contributed by atoms with E-state index in [0.29, 0.717) is 5.56 Å². The van der Waals surface area contributed by atoms with E-state index in [1.54, 1.807) is 35.6 Å². The summed E-state index contributed by atoms with van der Waals surface area (Å²) in [7, 11) is 0. The van der Waals surface area contributed by atoms with Crippen LogP contribution in [-0.2, 0) is 9.59 Å². The molecule has 4 nitrogen and oxygen atoms in total. The van der Waals surface area contributed by atoms with E-state index in [1.165, 1.54) is 6.08 Å². The zero-order valence-corrected chi connectivity index (χ0v) is 11.1. The SMILES string of the molecule is C=C[C@H](c1ccccc1)[C@](C)(NC(=O)C(F)(F)F)C(=O)O. The van der Waals surface area contributed by atoms with Crippen molar-refractivity contribution in [1.29, 1.82) is 0 Å². The summed E-state index contributed by atoms with van der Waals surface area (Å²) < 4.78 is 37.1. The summed E-state index contributed by atoms with van der Waals surface area (Å²) in [6.07, 6.45) is -3.97. The predicted octanol–water partition coefficient (Wildman–Crippen LogP) is 2.48. The van der Waals surface area contributed by atoms with Crippen LogP contribution in [-0.4, -0.2) is 28.7 Å². The van der Waals surface area contributed by atoms with Gasteiger partial charge in [-0.05, 0) is 12.5 Å². The van der Waals surface area contributed by atoms with E-state index in [-0.39, 0.29) is 0 Å². The number of hydrogen-bond acceptors (Lipinski definition) is 2. The minimum Gasteiger partial charge on any atom is -0.479 e. The number of nitrogens with one attached hydrogen (secondary N) is 1. The topological polar surface area (TPSA) is 66.4 Å². The lowest BCUT2D eigenvalue weighted by Gasteiger charge is -2.33. The fourth-order valence-electron chi connectivity index (χ4n) is 1.94. The molecule has 114 valence electrons. The minimum atomic E-state index is -5.17. The molecule has 0 fully saturated rings. The maximum absolute atomic E-state index is 12.4. The number of hydrogen-bond donors (Lipinski definition) is 2. The molecular formula is C14H14F3NO3. The normalized spacial score (nSPS) is 15.6. The molecule has 0 unspecified atom stereocenters. The Morgan fingerprint density at radius 1 is 1.29 bits per heavy atom. The van der Waals surface area contributed by atoms with Crippen LogP contribution in [0.25, 0.3) is 0 Å². The zero-order chi connectivity index (χ0) is 16.3. The van der Waals surface area contributed by atoms with Crippen molar-refractivity contribution in [1.82, 2.24) is 5.32 Å². The first kappa shape index (κ1) is 16.7. The number of halogens is 3. The quantitative estimate of drug-likeness (QED) is 0.821. The van der Waals surface area contributed by atoms with Crippen LogP contribution in [0.3, 0.4) is 0 Å². The number of carboxylic acid groups (broad SMARTS) is 1. The van der Waals surface area contributed by atoms with E-state index < -0.39 is 29.5 Å². The van der Waals surface area contributed by atoms with Crippen molar-refractivity contribution in [2.75, 3.05) is 0 Å². The highest BCUT2D eigenvalue weighted by Gasteiger charge is 2.48. The van der Waals surface area contributed by atoms with Crippen LogP contribution in [0.5, 0.6) is 0 Å². The number of aliphatic carboxylic acids is 1. The summed E-state index contributed by atoms with van der Waals surface area (Å²) in [6, 6.07) is 8.00. The Kier molecular flexibility index (Phi) is 4.77. The second-order valence-electron chi connectivity index (χ2n) is 4.58. The van der Waals surface area contributed by atoms with Gasteiger partial charge in [-0.25, -0.2) is 4.79 Å². The van der Waals surface area contributed by atoms with Gasteiger partial charge in [0.2, 0.25) is 0 Å². The molecule has 0 aliphatic carbocycles. The number of carbonyl (C=O) groups excluding carboxylic acids is 1. The summed E-state index contributed by atoms with van der Waals surface area (Å²) in [6.45, 7) is 4.47. The molecule has 0 bridgehead atoms. The van der Waals surface area contributed by atoms with Crippen molar-refractivity contribution in [3.8, 4) is 0 Å². The molecule has 0 heterocycles. The Balaban J connectivity index is 3.23. The van der Waals surface area contributed by atoms with Crippen LogP contribution in [0.1, 0.15) is 18.4 Å². The van der Waals surface area contributed by atoms with Crippen LogP contribution in [0.2, 0.25) is 0 Å². The molecule has 0 aromatic heterocycles. The fraction of sp³-hybridized carbons (Fsp3) is 0.286. The van der Waals surface area contributed by atoms with Crippen molar-refractivity contribution in [2.45, 2.75) is 24.6 Å². The van der Waals surface area contributed by atoms with Gasteiger partial charge in [0.05, 0.1) is 0 Å². The molecule has 7 heteroatoms. The standard InChI is InChI=1S/C14H14F3NO3/c1-3-10(9-7-5-4-6-8-9)13(2,12(20)21)18-11(19)14(15,16)17/h3-8,10H,1H2,2H3,(H,18,19)(H,20,21)/t10-,13+/m1/s1. The number of carbonyl (C=O) groups is 2. The van der Waals surface area contributed by atoms with Gasteiger partial charge in [-0.1, -0.05) is 36.4 Å². The lowest BCUT2D eigenvalue weighted by Crippen LogP contribution is -2.58. The molecule has 0 radical (unpaired) electrons. The van der Waals surface area contributed by atoms with E-state index >= 15 is 0 Å². The maximum atomic E-state index is 12.4. The Bertz CT molecular complexity index is 542. The third kappa shape index (κ3) is 3.62. The van der Waals surface area contributed by atoms with Gasteiger partial charge < -0.3 is 10.4 Å². The first-order valence-electron chi connectivity index (χ1n) is 5.93. The number of benzene rings is 1. The largest absolute Gasteiger partial charge is 0.479 e. The van der Waals surface area contributed by atoms with Gasteiger partial charge in [-0.15, -0.1) is 6.58 Å². The molecule has 0 saturated heterocycles. The monoisotopic (exact) mass is 301 g/mol. The smallest absolute Gasteiger partial charge is 0.471 e. The minimum absolute atomic E-state index is 0.430. The average molecular weight is 301 g/mol. The van der Waals surface area contributed by atoms with Crippen molar-refractivity contribution in [3.05, 3.63) is 48.6 Å². The van der Waals surface area contributed by atoms with Crippen LogP contribution in [0.4, 0.5) is 13.2 Å². The molecule has 2 N–H and O–H groups in total. The highest BCUT2D eigenvalue weighted by Crippen LogP contribution is 2.31. The van der Waals surface area contributed by atoms with Gasteiger partial charge in [0.15, 0.2) is 0 Å². The summed E-state index contributed by atoms with van der Waals surface area (Å²) >= 11 is 0. The van der Waals surface area contributed by atoms with Gasteiger partial charge in [-0.2, -0.15) is 13.2 Å². The summed E-state index contributed by atoms with van der Waals surface area (Å²) in [5, 5.41) is 10.8. The highest BCUT2D eigenvalue weighted by atomic mass is 19.4. The van der Waals surface area contributed by atoms with E-state index in [1.807, 2.05) is 0 Å². The molecule has 1 aromatic carbocycles. The van der Waals surface area contributed by atoms with E-state index in [2.05, 4.69) is 6.58 Å². The Labute approximate surface area is 119 Å². The first-order valence-corrected chi connectivity index (χ1v) is 5.93. The number of amides is 1. The van der Waals surface area contributed by atoms with Gasteiger partial charge in [0.25, 0.3) is 0 Å². The number of rotatable bonds is 5. The van der Waals surface area contributed by atoms with Crippen LogP contribution < -0.4 is 5.32 Å². The molecule has 1 amide bonds. The lowest BCUT2D eigenvalue weighted by atomic mass is 9.80. The van der Waals surface area contributed by atoms with Crippen molar-refractivity contribution in [2.24, 2.45) is 0 Å². The van der Waals surface area contributed by atoms with E-state index in [0.717, 1.165) is 6.92 Å². The summed E-state index contributed by atoms with van der Waals surface area (Å²) in [5.74, 6) is -4.92. The van der Waals surface area contributed by atoms with Crippen LogP contribution >= 0.6 is 0 Å². The predicted molar refractivity (Wildman–Crippen MR) is 69.6 cm³/mol. The third-order valence-corrected chi connectivity index (χ3v) is 3.09. The highest BCUT2D eigenvalue weighted by molar-refractivity contribution is 5.90. The number of alkyl halides is 3. The van der Waals surface area contributed by atoms with Gasteiger partial charge in [0.1, 0.15) is 5.54 Å². The Morgan fingerprint density at radius 2 is 1.81 bits per heavy atom. The summed E-state index contributed by atoms with van der Waals surface area (Å²) in [5.41, 5.74) is -1.74. The third-order valence-electron chi connectivity index (χ3n) is 3.09. The molecule has 1 aromatic rings. The van der Waals surface area contributed by atoms with Crippen molar-refractivity contribution < 1.29 is 27.9 Å². The molecule has 0 aliphatic heterocycles. The number of carboxylic acids is 1. The molecule has 0 saturated carbocycles. The Morgan fingerprint density at radius 3 is 2.19 bits per heavy atom. The van der Waals surface area contributed by atoms with E-state index in [4.69, 9.17) is 0 Å². The molecule has 0 aliphatic rings. The first-order chi connectivity index (χ1) is 9.63. The lowest BCUT2D eigenvalue weighted by molar-refractivity contribution is -0.177. The van der Waals surface area contributed by atoms with Crippen molar-refractivity contribution in [3.63, 3.8) is 0 Å². The molecule has 21 heavy (non-hydrogen) atoms. The van der Waals surface area contributed by atoms with Gasteiger partial charge in [0, 0.05) is 5.92 Å². The van der Waals surface area contributed by atoms with Crippen molar-refractivity contribution >= 4 is 11.9 Å². The Hall–Kier alpha value is -2.31. The zero-order valence-electron chi connectivity index (χ0n) is 11.1. The molecular weight excluding hydrogens is 287 g/mol. The maximum Gasteiger partial charge on any atom is 0.471 e. The van der Waals surface area contributed by atoms with Gasteiger partial charge >= 0.3 is 18.1 Å².